The Morgan fingerprint density at radius 3 is 2.75 bits per heavy atom. The molecule has 1 atom stereocenters. The van der Waals surface area contributed by atoms with Gasteiger partial charge in [0.2, 0.25) is 11.8 Å². The van der Waals surface area contributed by atoms with E-state index in [9.17, 15) is 14.4 Å². The molecule has 2 aliphatic rings. The molecule has 0 spiro atoms. The number of benzene rings is 1. The van der Waals surface area contributed by atoms with E-state index in [1.165, 1.54) is 6.08 Å². The van der Waals surface area contributed by atoms with Gasteiger partial charge in [-0.2, -0.15) is 0 Å². The molecule has 2 saturated heterocycles. The molecular weight excluding hydrogens is 476 g/mol. The predicted octanol–water partition coefficient (Wildman–Crippen LogP) is 2.17. The SMILES string of the molecule is C=CC(=O)N1CC(NC(=O)Cn2cc(C(=O)N3CCO[C@@H](CC)C3)c3cc(Br)ccc32)C1. The molecule has 0 radical (unpaired) electrons. The first kappa shape index (κ1) is 22.5. The standard InChI is InChI=1S/C23H27BrN4O4/c1-3-17-12-26(7-8-32-17)23(31)19-13-27(20-6-5-15(24)9-18(19)20)14-21(29)25-16-10-28(11-16)22(30)4-2/h4-6,9,13,16-17H,2-3,7-8,10-12,14H2,1H3,(H,25,29)/t17-/m0/s1. The predicted molar refractivity (Wildman–Crippen MR) is 124 cm³/mol. The number of hydrogen-bond donors (Lipinski definition) is 1. The van der Waals surface area contributed by atoms with Crippen molar-refractivity contribution in [1.29, 1.82) is 0 Å². The summed E-state index contributed by atoms with van der Waals surface area (Å²) in [5, 5.41) is 3.76. The van der Waals surface area contributed by atoms with E-state index < -0.39 is 0 Å². The Balaban J connectivity index is 1.50. The second kappa shape index (κ2) is 9.46. The van der Waals surface area contributed by atoms with Crippen LogP contribution in [0.15, 0.2) is 41.5 Å². The Labute approximate surface area is 195 Å². The van der Waals surface area contributed by atoms with Gasteiger partial charge < -0.3 is 24.4 Å². The maximum Gasteiger partial charge on any atom is 0.256 e. The minimum absolute atomic E-state index is 0.0495. The molecule has 170 valence electrons. The molecule has 0 bridgehead atoms. The van der Waals surface area contributed by atoms with Gasteiger partial charge in [-0.25, -0.2) is 0 Å². The fourth-order valence-corrected chi connectivity index (χ4v) is 4.56. The zero-order valence-corrected chi connectivity index (χ0v) is 19.6. The molecule has 0 aliphatic carbocycles. The second-order valence-corrected chi connectivity index (χ2v) is 9.11. The molecule has 3 amide bonds. The fraction of sp³-hybridized carbons (Fsp3) is 0.435. The number of likely N-dealkylation sites (tertiary alicyclic amines) is 1. The van der Waals surface area contributed by atoms with Gasteiger partial charge in [-0.1, -0.05) is 29.4 Å². The number of nitrogens with zero attached hydrogens (tertiary/aromatic N) is 3. The van der Waals surface area contributed by atoms with E-state index in [2.05, 4.69) is 34.7 Å². The number of aromatic nitrogens is 1. The summed E-state index contributed by atoms with van der Waals surface area (Å²) in [6, 6.07) is 5.66. The van der Waals surface area contributed by atoms with E-state index in [4.69, 9.17) is 4.74 Å². The van der Waals surface area contributed by atoms with Gasteiger partial charge in [0.05, 0.1) is 24.3 Å². The van der Waals surface area contributed by atoms with Crippen molar-refractivity contribution in [3.8, 4) is 0 Å². The van der Waals surface area contributed by atoms with Crippen molar-refractivity contribution >= 4 is 44.6 Å². The maximum atomic E-state index is 13.3. The second-order valence-electron chi connectivity index (χ2n) is 8.20. The first-order chi connectivity index (χ1) is 15.4. The topological polar surface area (TPSA) is 83.9 Å². The van der Waals surface area contributed by atoms with Gasteiger partial charge in [-0.05, 0) is 30.7 Å². The number of amides is 3. The lowest BCUT2D eigenvalue weighted by Crippen LogP contribution is -2.61. The Morgan fingerprint density at radius 1 is 1.25 bits per heavy atom. The van der Waals surface area contributed by atoms with E-state index in [-0.39, 0.29) is 36.4 Å². The van der Waals surface area contributed by atoms with Crippen molar-refractivity contribution in [1.82, 2.24) is 19.7 Å². The van der Waals surface area contributed by atoms with Crippen LogP contribution < -0.4 is 5.32 Å². The molecule has 2 fully saturated rings. The van der Waals surface area contributed by atoms with Gasteiger partial charge in [-0.3, -0.25) is 14.4 Å². The monoisotopic (exact) mass is 502 g/mol. The summed E-state index contributed by atoms with van der Waals surface area (Å²) in [6.07, 6.45) is 3.95. The van der Waals surface area contributed by atoms with Crippen molar-refractivity contribution in [2.75, 3.05) is 32.8 Å². The van der Waals surface area contributed by atoms with Crippen molar-refractivity contribution in [3.05, 3.63) is 47.1 Å². The lowest BCUT2D eigenvalue weighted by atomic mass is 10.1. The summed E-state index contributed by atoms with van der Waals surface area (Å²) >= 11 is 3.49. The van der Waals surface area contributed by atoms with Gasteiger partial charge in [0.15, 0.2) is 0 Å². The third-order valence-electron chi connectivity index (χ3n) is 6.00. The molecule has 9 heteroatoms. The molecule has 8 nitrogen and oxygen atoms in total. The van der Waals surface area contributed by atoms with Crippen LogP contribution in [0, 0.1) is 0 Å². The van der Waals surface area contributed by atoms with Crippen LogP contribution in [0.4, 0.5) is 0 Å². The van der Waals surface area contributed by atoms with Crippen LogP contribution in [0.1, 0.15) is 23.7 Å². The van der Waals surface area contributed by atoms with Crippen molar-refractivity contribution in [2.24, 2.45) is 0 Å². The molecule has 0 unspecified atom stereocenters. The van der Waals surface area contributed by atoms with E-state index in [0.29, 0.717) is 38.3 Å². The largest absolute Gasteiger partial charge is 0.375 e. The van der Waals surface area contributed by atoms with Crippen LogP contribution >= 0.6 is 15.9 Å². The van der Waals surface area contributed by atoms with Crippen molar-refractivity contribution in [2.45, 2.75) is 32.0 Å². The lowest BCUT2D eigenvalue weighted by Gasteiger charge is -2.38. The normalized spacial score (nSPS) is 19.0. The number of hydrogen-bond acceptors (Lipinski definition) is 4. The first-order valence-corrected chi connectivity index (χ1v) is 11.6. The average molecular weight is 503 g/mol. The van der Waals surface area contributed by atoms with Crippen LogP contribution in [-0.4, -0.2) is 77.0 Å². The molecular formula is C23H27BrN4O4. The molecule has 4 rings (SSSR count). The molecule has 3 heterocycles. The summed E-state index contributed by atoms with van der Waals surface area (Å²) in [4.78, 5) is 41.0. The average Bonchev–Trinajstić information content (AvgIpc) is 3.12. The number of halogens is 1. The Hall–Kier alpha value is -2.65. The number of carbonyl (C=O) groups is 3. The fourth-order valence-electron chi connectivity index (χ4n) is 4.20. The summed E-state index contributed by atoms with van der Waals surface area (Å²) in [5.41, 5.74) is 1.40. The molecule has 2 aromatic rings. The summed E-state index contributed by atoms with van der Waals surface area (Å²) in [5.74, 6) is -0.336. The minimum Gasteiger partial charge on any atom is -0.375 e. The van der Waals surface area contributed by atoms with Crippen LogP contribution in [0.2, 0.25) is 0 Å². The number of fused-ring (bicyclic) bond motifs is 1. The molecule has 1 aromatic heterocycles. The zero-order valence-electron chi connectivity index (χ0n) is 18.1. The number of carbonyl (C=O) groups excluding carboxylic acids is 3. The van der Waals surface area contributed by atoms with E-state index in [0.717, 1.165) is 21.8 Å². The first-order valence-electron chi connectivity index (χ1n) is 10.8. The smallest absolute Gasteiger partial charge is 0.256 e. The molecule has 1 aromatic carbocycles. The number of morpholine rings is 1. The van der Waals surface area contributed by atoms with Crippen molar-refractivity contribution in [3.63, 3.8) is 0 Å². The molecule has 2 aliphatic heterocycles. The van der Waals surface area contributed by atoms with E-state index >= 15 is 0 Å². The highest BCUT2D eigenvalue weighted by molar-refractivity contribution is 9.10. The third-order valence-corrected chi connectivity index (χ3v) is 6.50. The van der Waals surface area contributed by atoms with Crippen LogP contribution in [0.25, 0.3) is 10.9 Å². The maximum absolute atomic E-state index is 13.3. The highest BCUT2D eigenvalue weighted by atomic mass is 79.9. The van der Waals surface area contributed by atoms with Gasteiger partial charge in [0, 0.05) is 47.8 Å². The number of nitrogens with one attached hydrogen (secondary N) is 1. The number of ether oxygens (including phenoxy) is 1. The van der Waals surface area contributed by atoms with Gasteiger partial charge in [-0.15, -0.1) is 0 Å². The Morgan fingerprint density at radius 2 is 2.03 bits per heavy atom. The lowest BCUT2D eigenvalue weighted by molar-refractivity contribution is -0.133. The van der Waals surface area contributed by atoms with Gasteiger partial charge >= 0.3 is 0 Å². The quantitative estimate of drug-likeness (QED) is 0.613. The minimum atomic E-state index is -0.156. The highest BCUT2D eigenvalue weighted by Crippen LogP contribution is 2.27. The Bertz CT molecular complexity index is 1060. The van der Waals surface area contributed by atoms with E-state index in [1.807, 2.05) is 27.7 Å². The van der Waals surface area contributed by atoms with Crippen molar-refractivity contribution < 1.29 is 19.1 Å². The van der Waals surface area contributed by atoms with Gasteiger partial charge in [0.1, 0.15) is 6.54 Å². The Kier molecular flexibility index (Phi) is 6.66. The van der Waals surface area contributed by atoms with Gasteiger partial charge in [0.25, 0.3) is 5.91 Å². The molecule has 32 heavy (non-hydrogen) atoms. The third kappa shape index (κ3) is 4.59. The highest BCUT2D eigenvalue weighted by Gasteiger charge is 2.31. The van der Waals surface area contributed by atoms with Crippen LogP contribution in [0.5, 0.6) is 0 Å². The number of rotatable bonds is 6. The molecule has 0 saturated carbocycles. The summed E-state index contributed by atoms with van der Waals surface area (Å²) in [6.45, 7) is 8.24. The molecule has 1 N–H and O–H groups in total. The summed E-state index contributed by atoms with van der Waals surface area (Å²) < 4.78 is 8.39. The van der Waals surface area contributed by atoms with Crippen LogP contribution in [-0.2, 0) is 20.9 Å². The van der Waals surface area contributed by atoms with Crippen LogP contribution in [0.3, 0.4) is 0 Å². The zero-order chi connectivity index (χ0) is 22.8. The van der Waals surface area contributed by atoms with E-state index in [1.54, 1.807) is 11.1 Å². The summed E-state index contributed by atoms with van der Waals surface area (Å²) in [7, 11) is 0.